The van der Waals surface area contributed by atoms with Gasteiger partial charge >= 0.3 is 5.97 Å². The van der Waals surface area contributed by atoms with Crippen molar-refractivity contribution < 1.29 is 19.2 Å². The molecule has 0 aliphatic carbocycles. The van der Waals surface area contributed by atoms with Gasteiger partial charge < -0.3 is 9.47 Å². The Balaban J connectivity index is 3.33. The van der Waals surface area contributed by atoms with Crippen LogP contribution in [0.2, 0.25) is 0 Å². The average Bonchev–Trinajstić information content (AvgIpc) is 2.46. The second-order valence-corrected chi connectivity index (χ2v) is 3.91. The molecule has 0 radical (unpaired) electrons. The molecule has 110 valence electrons. The number of hydrogen-bond donors (Lipinski definition) is 0. The number of nitriles is 1. The third-order valence-electron chi connectivity index (χ3n) is 2.57. The Hall–Kier alpha value is -2.88. The number of nitro groups is 1. The maximum atomic E-state index is 11.7. The standard InChI is InChI=1S/C14H14N2O5/c1-3-21-14(17)10(6-7-15)8-11-9-12(20-2)4-5-13(11)16(18)19/h4-5,8-9H,3,6H2,1-2H3/b10-8+. The van der Waals surface area contributed by atoms with Crippen molar-refractivity contribution in [3.05, 3.63) is 39.4 Å². The molecule has 0 heterocycles. The predicted octanol–water partition coefficient (Wildman–Crippen LogP) is 2.46. The van der Waals surface area contributed by atoms with Gasteiger partial charge in [-0.3, -0.25) is 10.1 Å². The van der Waals surface area contributed by atoms with Crippen molar-refractivity contribution in [3.63, 3.8) is 0 Å². The van der Waals surface area contributed by atoms with Crippen molar-refractivity contribution >= 4 is 17.7 Å². The van der Waals surface area contributed by atoms with Gasteiger partial charge in [-0.05, 0) is 25.1 Å². The third-order valence-corrected chi connectivity index (χ3v) is 2.57. The zero-order valence-corrected chi connectivity index (χ0v) is 11.7. The van der Waals surface area contributed by atoms with Crippen molar-refractivity contribution in [1.29, 1.82) is 5.26 Å². The third kappa shape index (κ3) is 4.31. The van der Waals surface area contributed by atoms with E-state index in [1.165, 1.54) is 31.4 Å². The summed E-state index contributed by atoms with van der Waals surface area (Å²) in [6.07, 6.45) is 1.08. The van der Waals surface area contributed by atoms with E-state index in [4.69, 9.17) is 14.7 Å². The number of benzene rings is 1. The van der Waals surface area contributed by atoms with Gasteiger partial charge in [-0.25, -0.2) is 4.79 Å². The minimum absolute atomic E-state index is 0.0516. The number of nitrogens with zero attached hydrogens (tertiary/aromatic N) is 2. The quantitative estimate of drug-likeness (QED) is 0.345. The van der Waals surface area contributed by atoms with E-state index in [-0.39, 0.29) is 29.9 Å². The van der Waals surface area contributed by atoms with Crippen LogP contribution in [0.25, 0.3) is 6.08 Å². The van der Waals surface area contributed by atoms with E-state index in [1.54, 1.807) is 6.92 Å². The van der Waals surface area contributed by atoms with Gasteiger partial charge in [-0.1, -0.05) is 0 Å². The molecule has 7 nitrogen and oxygen atoms in total. The van der Waals surface area contributed by atoms with Crippen LogP contribution < -0.4 is 4.74 Å². The van der Waals surface area contributed by atoms with Gasteiger partial charge in [0.25, 0.3) is 5.69 Å². The van der Waals surface area contributed by atoms with Crippen molar-refractivity contribution in [2.75, 3.05) is 13.7 Å². The summed E-state index contributed by atoms with van der Waals surface area (Å²) < 4.78 is 9.83. The molecule has 0 saturated carbocycles. The zero-order valence-electron chi connectivity index (χ0n) is 11.7. The molecule has 0 unspecified atom stereocenters. The van der Waals surface area contributed by atoms with Gasteiger partial charge in [-0.15, -0.1) is 0 Å². The number of carbonyl (C=O) groups is 1. The van der Waals surface area contributed by atoms with Crippen LogP contribution in [0.4, 0.5) is 5.69 Å². The molecule has 21 heavy (non-hydrogen) atoms. The van der Waals surface area contributed by atoms with Gasteiger partial charge in [0.15, 0.2) is 0 Å². The fourth-order valence-corrected chi connectivity index (χ4v) is 1.62. The summed E-state index contributed by atoms with van der Waals surface area (Å²) in [5, 5.41) is 19.8. The lowest BCUT2D eigenvalue weighted by atomic mass is 10.1. The summed E-state index contributed by atoms with van der Waals surface area (Å²) >= 11 is 0. The summed E-state index contributed by atoms with van der Waals surface area (Å²) in [6.45, 7) is 1.79. The SMILES string of the molecule is CCOC(=O)/C(=C/c1cc(OC)ccc1[N+](=O)[O-])CC#N. The molecule has 0 amide bonds. The topological polar surface area (TPSA) is 102 Å². The lowest BCUT2D eigenvalue weighted by molar-refractivity contribution is -0.385. The smallest absolute Gasteiger partial charge is 0.335 e. The maximum absolute atomic E-state index is 11.7. The Morgan fingerprint density at radius 1 is 1.52 bits per heavy atom. The normalized spacial score (nSPS) is 10.6. The van der Waals surface area contributed by atoms with Crippen molar-refractivity contribution in [2.45, 2.75) is 13.3 Å². The Kier molecular flexibility index (Phi) is 5.89. The van der Waals surface area contributed by atoms with E-state index >= 15 is 0 Å². The van der Waals surface area contributed by atoms with Crippen molar-refractivity contribution in [1.82, 2.24) is 0 Å². The Morgan fingerprint density at radius 2 is 2.24 bits per heavy atom. The molecule has 1 rings (SSSR count). The van der Waals surface area contributed by atoms with E-state index in [2.05, 4.69) is 0 Å². The van der Waals surface area contributed by atoms with Crippen molar-refractivity contribution in [2.24, 2.45) is 0 Å². The lowest BCUT2D eigenvalue weighted by Gasteiger charge is -2.05. The molecule has 0 bridgehead atoms. The minimum Gasteiger partial charge on any atom is -0.497 e. The highest BCUT2D eigenvalue weighted by Crippen LogP contribution is 2.26. The molecule has 0 aliphatic heterocycles. The monoisotopic (exact) mass is 290 g/mol. The van der Waals surface area contributed by atoms with Gasteiger partial charge in [0, 0.05) is 6.07 Å². The predicted molar refractivity (Wildman–Crippen MR) is 74.5 cm³/mol. The second-order valence-electron chi connectivity index (χ2n) is 3.91. The molecule has 7 heteroatoms. The molecule has 0 saturated heterocycles. The van der Waals surface area contributed by atoms with Crippen LogP contribution in [-0.4, -0.2) is 24.6 Å². The van der Waals surface area contributed by atoms with Crippen LogP contribution in [0.5, 0.6) is 5.75 Å². The summed E-state index contributed by atoms with van der Waals surface area (Å²) in [7, 11) is 1.43. The first-order valence-corrected chi connectivity index (χ1v) is 6.10. The van der Waals surface area contributed by atoms with E-state index in [9.17, 15) is 14.9 Å². The molecule has 0 aliphatic rings. The first-order valence-electron chi connectivity index (χ1n) is 6.10. The summed E-state index contributed by atoms with van der Waals surface area (Å²) in [5.74, 6) is -0.261. The van der Waals surface area contributed by atoms with E-state index in [0.717, 1.165) is 0 Å². The summed E-state index contributed by atoms with van der Waals surface area (Å²) in [6, 6.07) is 5.99. The Bertz CT molecular complexity index is 616. The lowest BCUT2D eigenvalue weighted by Crippen LogP contribution is -2.07. The fourth-order valence-electron chi connectivity index (χ4n) is 1.62. The Labute approximate surface area is 121 Å². The first kappa shape index (κ1) is 16.2. The highest BCUT2D eigenvalue weighted by molar-refractivity contribution is 5.94. The van der Waals surface area contributed by atoms with Crippen LogP contribution in [0, 0.1) is 21.4 Å². The molecule has 0 N–H and O–H groups in total. The molecule has 0 spiro atoms. The van der Waals surface area contributed by atoms with E-state index in [1.807, 2.05) is 6.07 Å². The van der Waals surface area contributed by atoms with Crippen molar-refractivity contribution in [3.8, 4) is 11.8 Å². The van der Waals surface area contributed by atoms with Gasteiger partial charge in [0.1, 0.15) is 5.75 Å². The molecule has 1 aromatic carbocycles. The fraction of sp³-hybridized carbons (Fsp3) is 0.286. The first-order chi connectivity index (χ1) is 10.0. The van der Waals surface area contributed by atoms with E-state index < -0.39 is 10.9 Å². The number of carbonyl (C=O) groups excluding carboxylic acids is 1. The number of rotatable bonds is 6. The summed E-state index contributed by atoms with van der Waals surface area (Å²) in [5.41, 5.74) is 0.0453. The highest BCUT2D eigenvalue weighted by atomic mass is 16.6. The molecular formula is C14H14N2O5. The average molecular weight is 290 g/mol. The van der Waals surface area contributed by atoms with Gasteiger partial charge in [0.2, 0.25) is 0 Å². The molecular weight excluding hydrogens is 276 g/mol. The molecule has 1 aromatic rings. The van der Waals surface area contributed by atoms with Crippen LogP contribution in [-0.2, 0) is 9.53 Å². The molecule has 0 aromatic heterocycles. The molecule has 0 atom stereocenters. The maximum Gasteiger partial charge on any atom is 0.335 e. The second kappa shape index (κ2) is 7.65. The largest absolute Gasteiger partial charge is 0.497 e. The van der Waals surface area contributed by atoms with Gasteiger partial charge in [0.05, 0.1) is 42.3 Å². The van der Waals surface area contributed by atoms with Gasteiger partial charge in [-0.2, -0.15) is 5.26 Å². The number of methoxy groups -OCH3 is 1. The van der Waals surface area contributed by atoms with Crippen LogP contribution in [0.15, 0.2) is 23.8 Å². The van der Waals surface area contributed by atoms with Crippen LogP contribution in [0.3, 0.4) is 0 Å². The molecule has 0 fully saturated rings. The summed E-state index contributed by atoms with van der Waals surface area (Å²) in [4.78, 5) is 22.2. The number of ether oxygens (including phenoxy) is 2. The Morgan fingerprint density at radius 3 is 2.76 bits per heavy atom. The highest BCUT2D eigenvalue weighted by Gasteiger charge is 2.17. The minimum atomic E-state index is -0.670. The van der Waals surface area contributed by atoms with E-state index in [0.29, 0.717) is 5.75 Å². The number of esters is 1. The van der Waals surface area contributed by atoms with Crippen LogP contribution in [0.1, 0.15) is 18.9 Å². The number of nitro benzene ring substituents is 1. The number of hydrogen-bond acceptors (Lipinski definition) is 6. The zero-order chi connectivity index (χ0) is 15.8. The van der Waals surface area contributed by atoms with Crippen LogP contribution >= 0.6 is 0 Å².